The standard InChI is InChI=1S/C8H12INO/c1-6(2)5-11-8-3-7(9)4-10-8/h3-4,6,10H,5H2,1-2H3. The van der Waals surface area contributed by atoms with Crippen LogP contribution in [-0.4, -0.2) is 11.6 Å². The van der Waals surface area contributed by atoms with E-state index >= 15 is 0 Å². The van der Waals surface area contributed by atoms with E-state index in [0.29, 0.717) is 5.92 Å². The van der Waals surface area contributed by atoms with E-state index in [1.54, 1.807) is 0 Å². The van der Waals surface area contributed by atoms with Gasteiger partial charge in [-0.2, -0.15) is 0 Å². The number of hydrogen-bond acceptors (Lipinski definition) is 1. The van der Waals surface area contributed by atoms with E-state index in [0.717, 1.165) is 12.5 Å². The van der Waals surface area contributed by atoms with Gasteiger partial charge in [-0.15, -0.1) is 0 Å². The Kier molecular flexibility index (Phi) is 3.23. The summed E-state index contributed by atoms with van der Waals surface area (Å²) in [6.07, 6.45) is 1.93. The van der Waals surface area contributed by atoms with Crippen LogP contribution in [0.5, 0.6) is 5.88 Å². The van der Waals surface area contributed by atoms with Gasteiger partial charge >= 0.3 is 0 Å². The highest BCUT2D eigenvalue weighted by atomic mass is 127. The molecule has 0 aliphatic heterocycles. The van der Waals surface area contributed by atoms with E-state index in [9.17, 15) is 0 Å². The molecule has 0 saturated carbocycles. The predicted octanol–water partition coefficient (Wildman–Crippen LogP) is 2.65. The summed E-state index contributed by atoms with van der Waals surface area (Å²) in [5, 5.41) is 0. The molecule has 3 heteroatoms. The second kappa shape index (κ2) is 3.99. The molecule has 1 N–H and O–H groups in total. The smallest absolute Gasteiger partial charge is 0.191 e. The average molecular weight is 265 g/mol. The third kappa shape index (κ3) is 3.14. The first-order chi connectivity index (χ1) is 5.18. The predicted molar refractivity (Wildman–Crippen MR) is 53.8 cm³/mol. The van der Waals surface area contributed by atoms with E-state index in [4.69, 9.17) is 4.74 Å². The number of ether oxygens (including phenoxy) is 1. The minimum atomic E-state index is 0.580. The third-order valence-electron chi connectivity index (χ3n) is 1.19. The molecule has 1 aromatic rings. The van der Waals surface area contributed by atoms with Crippen LogP contribution in [0.25, 0.3) is 0 Å². The Morgan fingerprint density at radius 3 is 2.82 bits per heavy atom. The van der Waals surface area contributed by atoms with Crippen molar-refractivity contribution in [1.82, 2.24) is 4.98 Å². The van der Waals surface area contributed by atoms with E-state index in [1.807, 2.05) is 12.3 Å². The topological polar surface area (TPSA) is 25.0 Å². The van der Waals surface area contributed by atoms with Gasteiger partial charge in [0.1, 0.15) is 0 Å². The zero-order chi connectivity index (χ0) is 8.27. The molecule has 0 aliphatic carbocycles. The minimum Gasteiger partial charge on any atom is -0.479 e. The summed E-state index contributed by atoms with van der Waals surface area (Å²) in [4.78, 5) is 3.03. The van der Waals surface area contributed by atoms with Crippen LogP contribution in [0.3, 0.4) is 0 Å². The lowest BCUT2D eigenvalue weighted by atomic mass is 10.2. The Labute approximate surface area is 80.5 Å². The van der Waals surface area contributed by atoms with Crippen molar-refractivity contribution in [2.45, 2.75) is 13.8 Å². The molecule has 1 rings (SSSR count). The van der Waals surface area contributed by atoms with E-state index in [-0.39, 0.29) is 0 Å². The van der Waals surface area contributed by atoms with E-state index in [2.05, 4.69) is 41.4 Å². The lowest BCUT2D eigenvalue weighted by Gasteiger charge is -2.04. The molecule has 11 heavy (non-hydrogen) atoms. The largest absolute Gasteiger partial charge is 0.479 e. The summed E-state index contributed by atoms with van der Waals surface area (Å²) >= 11 is 2.25. The fourth-order valence-corrected chi connectivity index (χ4v) is 1.13. The monoisotopic (exact) mass is 265 g/mol. The van der Waals surface area contributed by atoms with Gasteiger partial charge in [0.25, 0.3) is 0 Å². The summed E-state index contributed by atoms with van der Waals surface area (Å²) in [6, 6.07) is 1.99. The van der Waals surface area contributed by atoms with E-state index < -0.39 is 0 Å². The molecule has 0 spiro atoms. The summed E-state index contributed by atoms with van der Waals surface area (Å²) < 4.78 is 6.61. The molecule has 0 atom stereocenters. The maximum Gasteiger partial charge on any atom is 0.191 e. The summed E-state index contributed by atoms with van der Waals surface area (Å²) in [6.45, 7) is 5.04. The van der Waals surface area contributed by atoms with Crippen LogP contribution in [0.15, 0.2) is 12.3 Å². The summed E-state index contributed by atoms with van der Waals surface area (Å²) in [7, 11) is 0. The van der Waals surface area contributed by atoms with Crippen LogP contribution < -0.4 is 4.74 Å². The Morgan fingerprint density at radius 1 is 1.64 bits per heavy atom. The molecule has 0 radical (unpaired) electrons. The lowest BCUT2D eigenvalue weighted by Crippen LogP contribution is -2.04. The SMILES string of the molecule is CC(C)COc1cc(I)c[nH]1. The highest BCUT2D eigenvalue weighted by molar-refractivity contribution is 14.1. The number of H-pyrrole nitrogens is 1. The molecule has 0 fully saturated rings. The van der Waals surface area contributed by atoms with Gasteiger partial charge in [0.2, 0.25) is 0 Å². The van der Waals surface area contributed by atoms with Gasteiger partial charge in [0, 0.05) is 15.8 Å². The van der Waals surface area contributed by atoms with Gasteiger partial charge in [0.05, 0.1) is 6.61 Å². The van der Waals surface area contributed by atoms with Crippen LogP contribution in [0.2, 0.25) is 0 Å². The number of aromatic nitrogens is 1. The molecule has 0 unspecified atom stereocenters. The van der Waals surface area contributed by atoms with Crippen molar-refractivity contribution in [3.63, 3.8) is 0 Å². The van der Waals surface area contributed by atoms with Crippen molar-refractivity contribution in [3.05, 3.63) is 15.8 Å². The summed E-state index contributed by atoms with van der Waals surface area (Å²) in [5.41, 5.74) is 0. The Balaban J connectivity index is 2.39. The van der Waals surface area contributed by atoms with Gasteiger partial charge in [-0.1, -0.05) is 13.8 Å². The second-order valence-electron chi connectivity index (χ2n) is 2.89. The Hall–Kier alpha value is -0.190. The molecule has 62 valence electrons. The minimum absolute atomic E-state index is 0.580. The second-order valence-corrected chi connectivity index (χ2v) is 4.13. The first-order valence-corrected chi connectivity index (χ1v) is 4.73. The fourth-order valence-electron chi connectivity index (χ4n) is 0.688. The van der Waals surface area contributed by atoms with Gasteiger partial charge in [-0.05, 0) is 28.5 Å². The average Bonchev–Trinajstić information content (AvgIpc) is 2.31. The molecule has 1 heterocycles. The molecule has 0 bridgehead atoms. The first-order valence-electron chi connectivity index (χ1n) is 3.65. The lowest BCUT2D eigenvalue weighted by molar-refractivity contribution is 0.262. The van der Waals surface area contributed by atoms with Gasteiger partial charge < -0.3 is 9.72 Å². The number of hydrogen-bond donors (Lipinski definition) is 1. The zero-order valence-electron chi connectivity index (χ0n) is 6.73. The first kappa shape index (κ1) is 8.90. The van der Waals surface area contributed by atoms with Crippen LogP contribution in [0.4, 0.5) is 0 Å². The third-order valence-corrected chi connectivity index (χ3v) is 1.82. The maximum absolute atomic E-state index is 5.43. The molecule has 0 saturated heterocycles. The fraction of sp³-hybridized carbons (Fsp3) is 0.500. The number of rotatable bonds is 3. The normalized spacial score (nSPS) is 10.5. The van der Waals surface area contributed by atoms with Crippen LogP contribution >= 0.6 is 22.6 Å². The molecule has 0 amide bonds. The van der Waals surface area contributed by atoms with Crippen LogP contribution in [0.1, 0.15) is 13.8 Å². The maximum atomic E-state index is 5.43. The number of halogens is 1. The van der Waals surface area contributed by atoms with Crippen molar-refractivity contribution < 1.29 is 4.74 Å². The molecular weight excluding hydrogens is 253 g/mol. The Bertz CT molecular complexity index is 220. The molecular formula is C8H12INO. The number of aromatic amines is 1. The van der Waals surface area contributed by atoms with Crippen molar-refractivity contribution in [3.8, 4) is 5.88 Å². The molecule has 0 aromatic carbocycles. The van der Waals surface area contributed by atoms with Crippen LogP contribution in [-0.2, 0) is 0 Å². The highest BCUT2D eigenvalue weighted by Gasteiger charge is 1.98. The molecule has 0 aliphatic rings. The van der Waals surface area contributed by atoms with Crippen molar-refractivity contribution >= 4 is 22.6 Å². The van der Waals surface area contributed by atoms with Gasteiger partial charge in [-0.3, -0.25) is 0 Å². The molecule has 1 aromatic heterocycles. The van der Waals surface area contributed by atoms with Crippen molar-refractivity contribution in [2.75, 3.05) is 6.61 Å². The van der Waals surface area contributed by atoms with Gasteiger partial charge in [0.15, 0.2) is 5.88 Å². The van der Waals surface area contributed by atoms with Crippen LogP contribution in [0, 0.1) is 9.49 Å². The zero-order valence-corrected chi connectivity index (χ0v) is 8.88. The molecule has 2 nitrogen and oxygen atoms in total. The highest BCUT2D eigenvalue weighted by Crippen LogP contribution is 2.13. The quantitative estimate of drug-likeness (QED) is 0.835. The van der Waals surface area contributed by atoms with Gasteiger partial charge in [-0.25, -0.2) is 0 Å². The van der Waals surface area contributed by atoms with Crippen molar-refractivity contribution in [2.24, 2.45) is 5.92 Å². The Morgan fingerprint density at radius 2 is 2.36 bits per heavy atom. The van der Waals surface area contributed by atoms with E-state index in [1.165, 1.54) is 3.57 Å². The summed E-state index contributed by atoms with van der Waals surface area (Å²) in [5.74, 6) is 1.44. The van der Waals surface area contributed by atoms with Crippen molar-refractivity contribution in [1.29, 1.82) is 0 Å². The number of nitrogens with one attached hydrogen (secondary N) is 1.